The average Bonchev–Trinajstić information content (AvgIpc) is 3.00. The smallest absolute Gasteiger partial charge is 0.315 e. The van der Waals surface area contributed by atoms with Crippen LogP contribution in [0.3, 0.4) is 0 Å². The van der Waals surface area contributed by atoms with Crippen LogP contribution in [0.1, 0.15) is 44.3 Å². The maximum absolute atomic E-state index is 11.9. The van der Waals surface area contributed by atoms with Crippen molar-refractivity contribution in [2.45, 2.75) is 50.0 Å². The molecule has 3 atom stereocenters. The molecule has 2 amide bonds. The first kappa shape index (κ1) is 16.6. The number of carbonyl (C=O) groups is 1. The SMILES string of the molecule is CCS[C@@H]1CCC[C@H](NC(=O)NC[C@@H](O)c2ccsc2)C1. The molecule has 118 valence electrons. The molecule has 0 bridgehead atoms. The molecule has 1 heterocycles. The van der Waals surface area contributed by atoms with Gasteiger partial charge in [-0.2, -0.15) is 23.1 Å². The van der Waals surface area contributed by atoms with Crippen molar-refractivity contribution >= 4 is 29.1 Å². The van der Waals surface area contributed by atoms with Crippen molar-refractivity contribution in [3.8, 4) is 0 Å². The van der Waals surface area contributed by atoms with E-state index in [1.54, 1.807) is 11.3 Å². The monoisotopic (exact) mass is 328 g/mol. The van der Waals surface area contributed by atoms with Gasteiger partial charge in [0.25, 0.3) is 0 Å². The topological polar surface area (TPSA) is 61.4 Å². The summed E-state index contributed by atoms with van der Waals surface area (Å²) in [5.74, 6) is 1.14. The second kappa shape index (κ2) is 8.66. The van der Waals surface area contributed by atoms with Gasteiger partial charge in [0.2, 0.25) is 0 Å². The lowest BCUT2D eigenvalue weighted by atomic mass is 9.95. The molecule has 2 rings (SSSR count). The Morgan fingerprint density at radius 1 is 1.57 bits per heavy atom. The minimum absolute atomic E-state index is 0.170. The predicted octanol–water partition coefficient (Wildman–Crippen LogP) is 3.15. The number of urea groups is 1. The Morgan fingerprint density at radius 2 is 2.43 bits per heavy atom. The van der Waals surface area contributed by atoms with Crippen molar-refractivity contribution < 1.29 is 9.90 Å². The summed E-state index contributed by atoms with van der Waals surface area (Å²) in [5, 5.41) is 20.2. The van der Waals surface area contributed by atoms with Gasteiger partial charge in [0.15, 0.2) is 0 Å². The zero-order valence-corrected chi connectivity index (χ0v) is 14.0. The van der Waals surface area contributed by atoms with Crippen molar-refractivity contribution in [1.82, 2.24) is 10.6 Å². The van der Waals surface area contributed by atoms with Crippen LogP contribution in [0.2, 0.25) is 0 Å². The zero-order valence-electron chi connectivity index (χ0n) is 12.4. The van der Waals surface area contributed by atoms with Crippen LogP contribution in [-0.4, -0.2) is 34.7 Å². The summed E-state index contributed by atoms with van der Waals surface area (Å²) in [6.07, 6.45) is 3.92. The maximum atomic E-state index is 11.9. The van der Waals surface area contributed by atoms with E-state index >= 15 is 0 Å². The Kier molecular flexibility index (Phi) is 6.86. The highest BCUT2D eigenvalue weighted by Gasteiger charge is 2.23. The normalized spacial score (nSPS) is 23.5. The Balaban J connectivity index is 1.69. The average molecular weight is 329 g/mol. The number of hydrogen-bond donors (Lipinski definition) is 3. The van der Waals surface area contributed by atoms with Crippen LogP contribution in [0.15, 0.2) is 16.8 Å². The lowest BCUT2D eigenvalue weighted by Gasteiger charge is -2.29. The largest absolute Gasteiger partial charge is 0.387 e. The number of hydrogen-bond acceptors (Lipinski definition) is 4. The molecule has 0 radical (unpaired) electrons. The highest BCUT2D eigenvalue weighted by atomic mass is 32.2. The van der Waals surface area contributed by atoms with Gasteiger partial charge in [0, 0.05) is 17.8 Å². The molecule has 1 aromatic rings. The molecule has 0 saturated heterocycles. The number of thiophene rings is 1. The molecule has 0 unspecified atom stereocenters. The van der Waals surface area contributed by atoms with E-state index in [0.717, 1.165) is 24.2 Å². The van der Waals surface area contributed by atoms with E-state index in [9.17, 15) is 9.90 Å². The fourth-order valence-electron chi connectivity index (χ4n) is 2.67. The Morgan fingerprint density at radius 3 is 3.14 bits per heavy atom. The van der Waals surface area contributed by atoms with Crippen LogP contribution < -0.4 is 10.6 Å². The Hall–Kier alpha value is -0.720. The van der Waals surface area contributed by atoms with Crippen molar-refractivity contribution in [3.05, 3.63) is 22.4 Å². The summed E-state index contributed by atoms with van der Waals surface area (Å²) in [6.45, 7) is 2.43. The lowest BCUT2D eigenvalue weighted by Crippen LogP contribution is -2.45. The number of rotatable bonds is 6. The van der Waals surface area contributed by atoms with Crippen LogP contribution in [-0.2, 0) is 0 Å². The molecule has 1 aliphatic carbocycles. The van der Waals surface area contributed by atoms with Gasteiger partial charge < -0.3 is 15.7 Å². The third kappa shape index (κ3) is 5.52. The van der Waals surface area contributed by atoms with Gasteiger partial charge in [0.05, 0.1) is 6.10 Å². The van der Waals surface area contributed by atoms with E-state index in [2.05, 4.69) is 17.6 Å². The van der Waals surface area contributed by atoms with Gasteiger partial charge in [-0.25, -0.2) is 4.79 Å². The van der Waals surface area contributed by atoms with Crippen LogP contribution in [0.4, 0.5) is 4.79 Å². The molecular formula is C15H24N2O2S2. The van der Waals surface area contributed by atoms with Gasteiger partial charge in [0.1, 0.15) is 0 Å². The molecule has 1 saturated carbocycles. The molecule has 1 fully saturated rings. The molecule has 0 aliphatic heterocycles. The maximum Gasteiger partial charge on any atom is 0.315 e. The first-order valence-electron chi connectivity index (χ1n) is 7.55. The van der Waals surface area contributed by atoms with Crippen molar-refractivity contribution in [2.24, 2.45) is 0 Å². The van der Waals surface area contributed by atoms with Gasteiger partial charge in [-0.1, -0.05) is 13.3 Å². The summed E-state index contributed by atoms with van der Waals surface area (Å²) in [6, 6.07) is 1.97. The summed E-state index contributed by atoms with van der Waals surface area (Å²) in [5.41, 5.74) is 0.859. The quantitative estimate of drug-likeness (QED) is 0.752. The Bertz CT molecular complexity index is 423. The molecule has 6 heteroatoms. The van der Waals surface area contributed by atoms with Gasteiger partial charge >= 0.3 is 6.03 Å². The Labute approximate surface area is 134 Å². The molecule has 4 nitrogen and oxygen atoms in total. The fourth-order valence-corrected chi connectivity index (χ4v) is 4.55. The van der Waals surface area contributed by atoms with Gasteiger partial charge in [-0.3, -0.25) is 0 Å². The summed E-state index contributed by atoms with van der Waals surface area (Å²) in [4.78, 5) is 11.9. The highest BCUT2D eigenvalue weighted by molar-refractivity contribution is 7.99. The molecule has 0 spiro atoms. The number of amides is 2. The summed E-state index contributed by atoms with van der Waals surface area (Å²) >= 11 is 3.53. The molecule has 3 N–H and O–H groups in total. The van der Waals surface area contributed by atoms with E-state index in [0.29, 0.717) is 5.25 Å². The molecular weight excluding hydrogens is 304 g/mol. The minimum Gasteiger partial charge on any atom is -0.387 e. The van der Waals surface area contributed by atoms with Gasteiger partial charge in [-0.15, -0.1) is 0 Å². The lowest BCUT2D eigenvalue weighted by molar-refractivity contribution is 0.172. The molecule has 21 heavy (non-hydrogen) atoms. The van der Waals surface area contributed by atoms with E-state index in [1.807, 2.05) is 28.6 Å². The molecule has 1 aliphatic rings. The summed E-state index contributed by atoms with van der Waals surface area (Å²) < 4.78 is 0. The van der Waals surface area contributed by atoms with Crippen LogP contribution in [0.25, 0.3) is 0 Å². The third-order valence-corrected chi connectivity index (χ3v) is 5.68. The first-order valence-corrected chi connectivity index (χ1v) is 9.54. The third-order valence-electron chi connectivity index (χ3n) is 3.75. The minimum atomic E-state index is -0.628. The predicted molar refractivity (Wildman–Crippen MR) is 90.0 cm³/mol. The van der Waals surface area contributed by atoms with Gasteiger partial charge in [-0.05, 0) is 47.4 Å². The van der Waals surface area contributed by atoms with Crippen molar-refractivity contribution in [1.29, 1.82) is 0 Å². The molecule has 0 aromatic carbocycles. The first-order chi connectivity index (χ1) is 10.2. The number of thioether (sulfide) groups is 1. The van der Waals surface area contributed by atoms with E-state index < -0.39 is 6.10 Å². The van der Waals surface area contributed by atoms with Crippen LogP contribution in [0, 0.1) is 0 Å². The highest BCUT2D eigenvalue weighted by Crippen LogP contribution is 2.28. The number of carbonyl (C=O) groups excluding carboxylic acids is 1. The standard InChI is InChI=1S/C15H24N2O2S2/c1-2-21-13-5-3-4-12(8-13)17-15(19)16-9-14(18)11-6-7-20-10-11/h6-7,10,12-14,18H,2-5,8-9H2,1H3,(H2,16,17,19)/t12-,13+,14+/m0/s1. The summed E-state index contributed by atoms with van der Waals surface area (Å²) in [7, 11) is 0. The number of aliphatic hydroxyl groups is 1. The van der Waals surface area contributed by atoms with E-state index in [4.69, 9.17) is 0 Å². The van der Waals surface area contributed by atoms with Crippen LogP contribution >= 0.6 is 23.1 Å². The number of aliphatic hydroxyl groups excluding tert-OH is 1. The van der Waals surface area contributed by atoms with Crippen molar-refractivity contribution in [2.75, 3.05) is 12.3 Å². The second-order valence-corrected chi connectivity index (χ2v) is 7.73. The van der Waals surface area contributed by atoms with Crippen molar-refractivity contribution in [3.63, 3.8) is 0 Å². The van der Waals surface area contributed by atoms with E-state index in [-0.39, 0.29) is 18.6 Å². The zero-order chi connectivity index (χ0) is 15.1. The second-order valence-electron chi connectivity index (χ2n) is 5.37. The van der Waals surface area contributed by atoms with E-state index in [1.165, 1.54) is 12.8 Å². The fraction of sp³-hybridized carbons (Fsp3) is 0.667. The van der Waals surface area contributed by atoms with Crippen LogP contribution in [0.5, 0.6) is 0 Å². The number of nitrogens with one attached hydrogen (secondary N) is 2. The molecule has 1 aromatic heterocycles.